The highest BCUT2D eigenvalue weighted by atomic mass is 32.1. The Balaban J connectivity index is 2.06. The molecule has 0 spiro atoms. The van der Waals surface area contributed by atoms with Gasteiger partial charge in [0.1, 0.15) is 17.4 Å². The van der Waals surface area contributed by atoms with Gasteiger partial charge < -0.3 is 10.5 Å². The van der Waals surface area contributed by atoms with Gasteiger partial charge in [0.15, 0.2) is 0 Å². The summed E-state index contributed by atoms with van der Waals surface area (Å²) in [5.41, 5.74) is 7.95. The minimum absolute atomic E-state index is 0.0439. The van der Waals surface area contributed by atoms with Gasteiger partial charge in [-0.15, -0.1) is 11.3 Å². The molecule has 2 aromatic rings. The van der Waals surface area contributed by atoms with E-state index in [1.54, 1.807) is 29.5 Å². The van der Waals surface area contributed by atoms with Crippen LogP contribution in [0.15, 0.2) is 23.6 Å². The summed E-state index contributed by atoms with van der Waals surface area (Å²) in [4.78, 5) is 4.56. The van der Waals surface area contributed by atoms with Crippen LogP contribution in [0.4, 0.5) is 5.69 Å². The number of benzene rings is 1. The average Bonchev–Trinajstić information content (AvgIpc) is 2.86. The molecule has 2 N–H and O–H groups in total. The first-order chi connectivity index (χ1) is 9.40. The number of aromatic nitrogens is 1. The molecule has 20 heavy (non-hydrogen) atoms. The van der Waals surface area contributed by atoms with Crippen LogP contribution in [0.1, 0.15) is 37.0 Å². The zero-order valence-corrected chi connectivity index (χ0v) is 12.6. The molecule has 1 aromatic carbocycles. The van der Waals surface area contributed by atoms with Gasteiger partial charge in [0, 0.05) is 10.8 Å². The van der Waals surface area contributed by atoms with Crippen molar-refractivity contribution in [1.29, 1.82) is 5.26 Å². The van der Waals surface area contributed by atoms with E-state index in [-0.39, 0.29) is 5.41 Å². The first-order valence-electron chi connectivity index (χ1n) is 6.27. The lowest BCUT2D eigenvalue weighted by Gasteiger charge is -2.14. The summed E-state index contributed by atoms with van der Waals surface area (Å²) in [7, 11) is 0. The predicted octanol–water partition coefficient (Wildman–Crippen LogP) is 3.47. The molecular weight excluding hydrogens is 270 g/mol. The van der Waals surface area contributed by atoms with Crippen molar-refractivity contribution in [3.63, 3.8) is 0 Å². The van der Waals surface area contributed by atoms with Gasteiger partial charge in [-0.05, 0) is 18.2 Å². The number of nitrogens with zero attached hydrogens (tertiary/aromatic N) is 2. The Morgan fingerprint density at radius 3 is 2.70 bits per heavy atom. The van der Waals surface area contributed by atoms with Crippen LogP contribution < -0.4 is 10.5 Å². The van der Waals surface area contributed by atoms with Crippen molar-refractivity contribution >= 4 is 17.0 Å². The van der Waals surface area contributed by atoms with Crippen molar-refractivity contribution in [3.8, 4) is 11.8 Å². The van der Waals surface area contributed by atoms with Crippen LogP contribution >= 0.6 is 11.3 Å². The Kier molecular flexibility index (Phi) is 3.96. The molecule has 0 aliphatic rings. The molecule has 1 aromatic heterocycles. The van der Waals surface area contributed by atoms with Crippen molar-refractivity contribution in [3.05, 3.63) is 39.8 Å². The van der Waals surface area contributed by atoms with E-state index >= 15 is 0 Å². The first-order valence-corrected chi connectivity index (χ1v) is 7.15. The van der Waals surface area contributed by atoms with Crippen LogP contribution in [0.3, 0.4) is 0 Å². The highest BCUT2D eigenvalue weighted by Crippen LogP contribution is 2.26. The van der Waals surface area contributed by atoms with E-state index in [4.69, 9.17) is 15.7 Å². The fourth-order valence-electron chi connectivity index (χ4n) is 1.61. The molecule has 5 heteroatoms. The lowest BCUT2D eigenvalue weighted by Crippen LogP contribution is -2.11. The number of anilines is 1. The van der Waals surface area contributed by atoms with Gasteiger partial charge in [-0.1, -0.05) is 20.8 Å². The molecule has 0 atom stereocenters. The second kappa shape index (κ2) is 5.51. The summed E-state index contributed by atoms with van der Waals surface area (Å²) in [5, 5.41) is 11.8. The van der Waals surface area contributed by atoms with Gasteiger partial charge in [0.25, 0.3) is 0 Å². The highest BCUT2D eigenvalue weighted by Gasteiger charge is 2.17. The molecule has 0 radical (unpaired) electrons. The zero-order valence-electron chi connectivity index (χ0n) is 11.8. The molecule has 4 nitrogen and oxygen atoms in total. The molecule has 0 fully saturated rings. The lowest BCUT2D eigenvalue weighted by atomic mass is 9.93. The number of hydrogen-bond donors (Lipinski definition) is 1. The summed E-state index contributed by atoms with van der Waals surface area (Å²) in [5.74, 6) is 0.580. The summed E-state index contributed by atoms with van der Waals surface area (Å²) < 4.78 is 5.66. The molecule has 0 saturated carbocycles. The van der Waals surface area contributed by atoms with Gasteiger partial charge in [-0.25, -0.2) is 4.98 Å². The Labute approximate surface area is 122 Å². The number of hydrogen-bond acceptors (Lipinski definition) is 5. The fraction of sp³-hybridized carbons (Fsp3) is 0.333. The third-order valence-corrected chi connectivity index (χ3v) is 3.63. The Morgan fingerprint density at radius 2 is 2.15 bits per heavy atom. The molecular formula is C15H17N3OS. The van der Waals surface area contributed by atoms with Gasteiger partial charge in [-0.3, -0.25) is 0 Å². The Hall–Kier alpha value is -2.06. The minimum Gasteiger partial charge on any atom is -0.484 e. The third kappa shape index (κ3) is 3.28. The number of rotatable bonds is 3. The van der Waals surface area contributed by atoms with E-state index in [1.807, 2.05) is 6.07 Å². The van der Waals surface area contributed by atoms with E-state index in [1.165, 1.54) is 0 Å². The standard InChI is InChI=1S/C15H17N3OS/c1-15(2,3)13-9-20-14(18-13)8-19-12-5-4-10(7-16)6-11(12)17/h4-6,9H,8,17H2,1-3H3. The second-order valence-electron chi connectivity index (χ2n) is 5.53. The quantitative estimate of drug-likeness (QED) is 0.877. The first kappa shape index (κ1) is 14.4. The SMILES string of the molecule is CC(C)(C)c1csc(COc2ccc(C#N)cc2N)n1. The van der Waals surface area contributed by atoms with Crippen LogP contribution in [0, 0.1) is 11.3 Å². The zero-order chi connectivity index (χ0) is 14.8. The van der Waals surface area contributed by atoms with Gasteiger partial charge in [0.2, 0.25) is 0 Å². The topological polar surface area (TPSA) is 71.9 Å². The molecule has 1 heterocycles. The summed E-state index contributed by atoms with van der Waals surface area (Å²) in [6.07, 6.45) is 0. The van der Waals surface area contributed by atoms with Crippen LogP contribution in [0.2, 0.25) is 0 Å². The molecule has 2 rings (SSSR count). The van der Waals surface area contributed by atoms with E-state index < -0.39 is 0 Å². The van der Waals surface area contributed by atoms with E-state index in [0.29, 0.717) is 23.6 Å². The maximum Gasteiger partial charge on any atom is 0.142 e. The van der Waals surface area contributed by atoms with Crippen LogP contribution in [0.5, 0.6) is 5.75 Å². The second-order valence-corrected chi connectivity index (χ2v) is 6.47. The summed E-state index contributed by atoms with van der Waals surface area (Å²) in [6.45, 7) is 6.78. The molecule has 104 valence electrons. The van der Waals surface area contributed by atoms with E-state index in [9.17, 15) is 0 Å². The number of nitriles is 1. The molecule has 0 unspecified atom stereocenters. The highest BCUT2D eigenvalue weighted by molar-refractivity contribution is 7.09. The van der Waals surface area contributed by atoms with Gasteiger partial charge in [0.05, 0.1) is 23.0 Å². The minimum atomic E-state index is 0.0439. The van der Waals surface area contributed by atoms with Gasteiger partial charge in [-0.2, -0.15) is 5.26 Å². The van der Waals surface area contributed by atoms with E-state index in [0.717, 1.165) is 10.7 Å². The van der Waals surface area contributed by atoms with Crippen molar-refractivity contribution in [2.24, 2.45) is 0 Å². The predicted molar refractivity (Wildman–Crippen MR) is 80.7 cm³/mol. The van der Waals surface area contributed by atoms with Crippen molar-refractivity contribution < 1.29 is 4.74 Å². The normalized spacial score (nSPS) is 11.1. The molecule has 0 aliphatic carbocycles. The maximum absolute atomic E-state index is 8.79. The van der Waals surface area contributed by atoms with Crippen molar-refractivity contribution in [1.82, 2.24) is 4.98 Å². The van der Waals surface area contributed by atoms with Crippen LogP contribution in [-0.2, 0) is 12.0 Å². The number of nitrogens with two attached hydrogens (primary N) is 1. The average molecular weight is 287 g/mol. The van der Waals surface area contributed by atoms with Crippen LogP contribution in [0.25, 0.3) is 0 Å². The Morgan fingerprint density at radius 1 is 1.40 bits per heavy atom. The van der Waals surface area contributed by atoms with Crippen molar-refractivity contribution in [2.45, 2.75) is 32.8 Å². The van der Waals surface area contributed by atoms with Gasteiger partial charge >= 0.3 is 0 Å². The fourth-order valence-corrected chi connectivity index (χ4v) is 2.54. The van der Waals surface area contributed by atoms with E-state index in [2.05, 4.69) is 31.1 Å². The smallest absolute Gasteiger partial charge is 0.142 e. The number of ether oxygens (including phenoxy) is 1. The third-order valence-electron chi connectivity index (χ3n) is 2.81. The van der Waals surface area contributed by atoms with Crippen LogP contribution in [-0.4, -0.2) is 4.98 Å². The summed E-state index contributed by atoms with van der Waals surface area (Å²) in [6, 6.07) is 7.05. The largest absolute Gasteiger partial charge is 0.484 e. The number of nitrogen functional groups attached to an aromatic ring is 1. The number of thiazole rings is 1. The lowest BCUT2D eigenvalue weighted by molar-refractivity contribution is 0.306. The molecule has 0 aliphatic heterocycles. The molecule has 0 bridgehead atoms. The summed E-state index contributed by atoms with van der Waals surface area (Å²) >= 11 is 1.58. The van der Waals surface area contributed by atoms with Crippen molar-refractivity contribution in [2.75, 3.05) is 5.73 Å². The maximum atomic E-state index is 8.79. The Bertz CT molecular complexity index is 650. The monoisotopic (exact) mass is 287 g/mol. The molecule has 0 saturated heterocycles. The molecule has 0 amide bonds.